The Morgan fingerprint density at radius 3 is 2.39 bits per heavy atom. The molecule has 0 saturated heterocycles. The van der Waals surface area contributed by atoms with Crippen molar-refractivity contribution in [3.8, 4) is 0 Å². The average molecular weight is 245 g/mol. The molecule has 0 aliphatic carbocycles. The van der Waals surface area contributed by atoms with Gasteiger partial charge in [-0.1, -0.05) is 19.1 Å². The van der Waals surface area contributed by atoms with E-state index in [4.69, 9.17) is 0 Å². The standard InChI is InChI=1S/C15H16FNO/c1-10-3-4-13(9-14(10)16)15(18)11(2)12-5-7-17-8-6-12/h3-9,11,15,18H,1-2H3. The number of nitrogens with zero attached hydrogens (tertiary/aromatic N) is 1. The molecule has 0 spiro atoms. The zero-order valence-electron chi connectivity index (χ0n) is 10.5. The molecule has 0 bridgehead atoms. The third-order valence-electron chi connectivity index (χ3n) is 3.24. The van der Waals surface area contributed by atoms with Crippen molar-refractivity contribution in [2.45, 2.75) is 25.9 Å². The van der Waals surface area contributed by atoms with E-state index in [1.807, 2.05) is 19.1 Å². The average Bonchev–Trinajstić information content (AvgIpc) is 2.41. The Bertz CT molecular complexity index is 527. The maximum Gasteiger partial charge on any atom is 0.126 e. The van der Waals surface area contributed by atoms with Gasteiger partial charge < -0.3 is 5.11 Å². The van der Waals surface area contributed by atoms with E-state index in [2.05, 4.69) is 4.98 Å². The van der Waals surface area contributed by atoms with Crippen molar-refractivity contribution in [3.05, 3.63) is 65.2 Å². The van der Waals surface area contributed by atoms with Crippen LogP contribution in [0.2, 0.25) is 0 Å². The van der Waals surface area contributed by atoms with E-state index in [1.54, 1.807) is 31.5 Å². The van der Waals surface area contributed by atoms with Crippen LogP contribution in [0.1, 0.15) is 35.6 Å². The first kappa shape index (κ1) is 12.7. The topological polar surface area (TPSA) is 33.1 Å². The van der Waals surface area contributed by atoms with Crippen LogP contribution in [0.5, 0.6) is 0 Å². The van der Waals surface area contributed by atoms with Crippen LogP contribution in [0.15, 0.2) is 42.7 Å². The second-order valence-electron chi connectivity index (χ2n) is 4.52. The second kappa shape index (κ2) is 5.27. The fraction of sp³-hybridized carbons (Fsp3) is 0.267. The zero-order valence-corrected chi connectivity index (χ0v) is 10.5. The molecule has 2 rings (SSSR count). The molecule has 0 aliphatic heterocycles. The van der Waals surface area contributed by atoms with Gasteiger partial charge in [0.1, 0.15) is 5.82 Å². The first-order valence-corrected chi connectivity index (χ1v) is 5.93. The minimum atomic E-state index is -0.720. The Balaban J connectivity index is 2.25. The molecule has 2 atom stereocenters. The summed E-state index contributed by atoms with van der Waals surface area (Å²) in [5, 5.41) is 10.3. The van der Waals surface area contributed by atoms with Gasteiger partial charge in [0, 0.05) is 18.3 Å². The van der Waals surface area contributed by atoms with Crippen LogP contribution in [-0.4, -0.2) is 10.1 Å². The number of rotatable bonds is 3. The lowest BCUT2D eigenvalue weighted by Crippen LogP contribution is -2.08. The van der Waals surface area contributed by atoms with Crippen molar-refractivity contribution >= 4 is 0 Å². The van der Waals surface area contributed by atoms with Crippen molar-refractivity contribution in [2.24, 2.45) is 0 Å². The third-order valence-corrected chi connectivity index (χ3v) is 3.24. The van der Waals surface area contributed by atoms with Gasteiger partial charge in [0.15, 0.2) is 0 Å². The van der Waals surface area contributed by atoms with Crippen LogP contribution in [0.4, 0.5) is 4.39 Å². The molecule has 0 amide bonds. The summed E-state index contributed by atoms with van der Waals surface area (Å²) < 4.78 is 13.5. The van der Waals surface area contributed by atoms with Gasteiger partial charge in [-0.3, -0.25) is 4.98 Å². The quantitative estimate of drug-likeness (QED) is 0.899. The lowest BCUT2D eigenvalue weighted by Gasteiger charge is -2.19. The minimum Gasteiger partial charge on any atom is -0.388 e. The van der Waals surface area contributed by atoms with E-state index < -0.39 is 6.10 Å². The van der Waals surface area contributed by atoms with Gasteiger partial charge in [0.25, 0.3) is 0 Å². The molecule has 2 unspecified atom stereocenters. The van der Waals surface area contributed by atoms with E-state index in [0.717, 1.165) is 5.56 Å². The van der Waals surface area contributed by atoms with Crippen molar-refractivity contribution in [1.82, 2.24) is 4.98 Å². The molecule has 18 heavy (non-hydrogen) atoms. The molecule has 2 nitrogen and oxygen atoms in total. The number of benzene rings is 1. The van der Waals surface area contributed by atoms with Gasteiger partial charge >= 0.3 is 0 Å². The summed E-state index contributed by atoms with van der Waals surface area (Å²) in [4.78, 5) is 3.94. The van der Waals surface area contributed by atoms with Crippen molar-refractivity contribution in [2.75, 3.05) is 0 Å². The highest BCUT2D eigenvalue weighted by atomic mass is 19.1. The van der Waals surface area contributed by atoms with Crippen LogP contribution < -0.4 is 0 Å². The maximum atomic E-state index is 13.5. The second-order valence-corrected chi connectivity index (χ2v) is 4.52. The zero-order chi connectivity index (χ0) is 13.1. The number of aromatic nitrogens is 1. The largest absolute Gasteiger partial charge is 0.388 e. The SMILES string of the molecule is Cc1ccc(C(O)C(C)c2ccncc2)cc1F. The Hall–Kier alpha value is -1.74. The van der Waals surface area contributed by atoms with Gasteiger partial charge in [-0.2, -0.15) is 0 Å². The molecular formula is C15H16FNO. The summed E-state index contributed by atoms with van der Waals surface area (Å²) in [7, 11) is 0. The first-order valence-electron chi connectivity index (χ1n) is 5.93. The van der Waals surface area contributed by atoms with Crippen LogP contribution in [0.3, 0.4) is 0 Å². The molecule has 3 heteroatoms. The number of aryl methyl sites for hydroxylation is 1. The molecule has 2 aromatic rings. The number of aliphatic hydroxyl groups is 1. The number of halogens is 1. The van der Waals surface area contributed by atoms with Crippen LogP contribution in [0, 0.1) is 12.7 Å². The molecule has 0 saturated carbocycles. The summed E-state index contributed by atoms with van der Waals surface area (Å²) in [6, 6.07) is 8.57. The predicted octanol–water partition coefficient (Wildman–Crippen LogP) is 3.37. The smallest absolute Gasteiger partial charge is 0.126 e. The number of hydrogen-bond acceptors (Lipinski definition) is 2. The molecule has 1 N–H and O–H groups in total. The monoisotopic (exact) mass is 245 g/mol. The van der Waals surface area contributed by atoms with Gasteiger partial charge in [0.05, 0.1) is 6.10 Å². The number of pyridine rings is 1. The molecule has 1 heterocycles. The fourth-order valence-corrected chi connectivity index (χ4v) is 1.93. The van der Waals surface area contributed by atoms with Gasteiger partial charge in [-0.15, -0.1) is 0 Å². The minimum absolute atomic E-state index is 0.102. The summed E-state index contributed by atoms with van der Waals surface area (Å²) >= 11 is 0. The van der Waals surface area contributed by atoms with Gasteiger partial charge in [0.2, 0.25) is 0 Å². The summed E-state index contributed by atoms with van der Waals surface area (Å²) in [5.74, 6) is -0.386. The van der Waals surface area contributed by atoms with Gasteiger partial charge in [-0.05, 0) is 41.8 Å². The van der Waals surface area contributed by atoms with Crippen molar-refractivity contribution in [1.29, 1.82) is 0 Å². The van der Waals surface area contributed by atoms with Crippen LogP contribution >= 0.6 is 0 Å². The van der Waals surface area contributed by atoms with Crippen LogP contribution in [-0.2, 0) is 0 Å². The lowest BCUT2D eigenvalue weighted by atomic mass is 9.91. The normalized spacial score (nSPS) is 14.2. The Morgan fingerprint density at radius 1 is 1.11 bits per heavy atom. The summed E-state index contributed by atoms with van der Waals surface area (Å²) in [6.45, 7) is 3.62. The van der Waals surface area contributed by atoms with Crippen molar-refractivity contribution in [3.63, 3.8) is 0 Å². The molecule has 0 aliphatic rings. The highest BCUT2D eigenvalue weighted by Gasteiger charge is 2.18. The molecule has 0 fully saturated rings. The van der Waals surface area contributed by atoms with E-state index in [1.165, 1.54) is 6.07 Å². The van der Waals surface area contributed by atoms with E-state index in [0.29, 0.717) is 11.1 Å². The lowest BCUT2D eigenvalue weighted by molar-refractivity contribution is 0.151. The van der Waals surface area contributed by atoms with E-state index >= 15 is 0 Å². The third kappa shape index (κ3) is 2.57. The van der Waals surface area contributed by atoms with E-state index in [-0.39, 0.29) is 11.7 Å². The summed E-state index contributed by atoms with van der Waals surface area (Å²) in [5.41, 5.74) is 2.17. The molecule has 0 radical (unpaired) electrons. The van der Waals surface area contributed by atoms with Crippen LogP contribution in [0.25, 0.3) is 0 Å². The Morgan fingerprint density at radius 2 is 1.78 bits per heavy atom. The van der Waals surface area contributed by atoms with E-state index in [9.17, 15) is 9.50 Å². The van der Waals surface area contributed by atoms with Gasteiger partial charge in [-0.25, -0.2) is 4.39 Å². The highest BCUT2D eigenvalue weighted by Crippen LogP contribution is 2.30. The number of aliphatic hydroxyl groups excluding tert-OH is 1. The molecule has 1 aromatic carbocycles. The molecule has 1 aromatic heterocycles. The molecular weight excluding hydrogens is 229 g/mol. The fourth-order valence-electron chi connectivity index (χ4n) is 1.93. The predicted molar refractivity (Wildman–Crippen MR) is 68.7 cm³/mol. The highest BCUT2D eigenvalue weighted by molar-refractivity contribution is 5.28. The Kier molecular flexibility index (Phi) is 3.72. The maximum absolute atomic E-state index is 13.5. The Labute approximate surface area is 106 Å². The summed E-state index contributed by atoms with van der Waals surface area (Å²) in [6.07, 6.45) is 2.66. The molecule has 94 valence electrons. The van der Waals surface area contributed by atoms with Crippen molar-refractivity contribution < 1.29 is 9.50 Å². The number of hydrogen-bond donors (Lipinski definition) is 1. The first-order chi connectivity index (χ1) is 8.59.